The van der Waals surface area contributed by atoms with Crippen molar-refractivity contribution < 1.29 is 14.3 Å². The molecule has 1 saturated heterocycles. The Kier molecular flexibility index (Phi) is 7.02. The molecule has 168 valence electrons. The summed E-state index contributed by atoms with van der Waals surface area (Å²) in [6, 6.07) is 17.8. The summed E-state index contributed by atoms with van der Waals surface area (Å²) in [4.78, 5) is 15.0. The molecule has 2 aromatic carbocycles. The number of hydrogen-bond donors (Lipinski definition) is 1. The van der Waals surface area contributed by atoms with Crippen molar-refractivity contribution in [3.8, 4) is 17.1 Å². The lowest BCUT2D eigenvalue weighted by atomic mass is 10.1. The Balaban J connectivity index is 1.44. The summed E-state index contributed by atoms with van der Waals surface area (Å²) < 4.78 is 14.0. The van der Waals surface area contributed by atoms with E-state index in [0.29, 0.717) is 43.3 Å². The molecule has 8 heteroatoms. The number of amides is 1. The van der Waals surface area contributed by atoms with Gasteiger partial charge in [-0.25, -0.2) is 0 Å². The maximum atomic E-state index is 13.1. The summed E-state index contributed by atoms with van der Waals surface area (Å²) in [6.45, 7) is 6.17. The largest absolute Gasteiger partial charge is 0.494 e. The lowest BCUT2D eigenvalue weighted by Crippen LogP contribution is -2.46. The fourth-order valence-corrected chi connectivity index (χ4v) is 4.21. The van der Waals surface area contributed by atoms with Crippen molar-refractivity contribution in [3.63, 3.8) is 0 Å². The highest BCUT2D eigenvalue weighted by molar-refractivity contribution is 7.71. The van der Waals surface area contributed by atoms with Crippen LogP contribution in [0.15, 0.2) is 54.6 Å². The van der Waals surface area contributed by atoms with Gasteiger partial charge >= 0.3 is 0 Å². The minimum atomic E-state index is -0.112. The quantitative estimate of drug-likeness (QED) is 0.539. The molecule has 7 nitrogen and oxygen atoms in total. The van der Waals surface area contributed by atoms with E-state index in [1.807, 2.05) is 77.9 Å². The smallest absolute Gasteiger partial charge is 0.224 e. The van der Waals surface area contributed by atoms with Crippen molar-refractivity contribution in [1.29, 1.82) is 0 Å². The van der Waals surface area contributed by atoms with Gasteiger partial charge in [0.1, 0.15) is 11.9 Å². The minimum Gasteiger partial charge on any atom is -0.494 e. The molecule has 0 spiro atoms. The Morgan fingerprint density at radius 3 is 2.66 bits per heavy atom. The van der Waals surface area contributed by atoms with Crippen molar-refractivity contribution in [2.75, 3.05) is 19.7 Å². The predicted molar refractivity (Wildman–Crippen MR) is 125 cm³/mol. The molecule has 4 rings (SSSR count). The topological polar surface area (TPSA) is 72.4 Å². The number of nitrogens with zero attached hydrogens (tertiary/aromatic N) is 3. The maximum Gasteiger partial charge on any atom is 0.224 e. The lowest BCUT2D eigenvalue weighted by molar-refractivity contribution is -0.145. The van der Waals surface area contributed by atoms with Crippen LogP contribution in [0.2, 0.25) is 0 Å². The predicted octanol–water partition coefficient (Wildman–Crippen LogP) is 4.39. The second-order valence-electron chi connectivity index (χ2n) is 7.86. The van der Waals surface area contributed by atoms with Gasteiger partial charge in [-0.2, -0.15) is 5.10 Å². The first kappa shape index (κ1) is 22.2. The zero-order chi connectivity index (χ0) is 22.5. The van der Waals surface area contributed by atoms with Crippen molar-refractivity contribution in [2.45, 2.75) is 39.0 Å². The highest BCUT2D eigenvalue weighted by Crippen LogP contribution is 2.26. The van der Waals surface area contributed by atoms with Gasteiger partial charge in [0.2, 0.25) is 5.91 Å². The maximum absolute atomic E-state index is 13.1. The number of morpholine rings is 1. The Morgan fingerprint density at radius 1 is 1.19 bits per heavy atom. The van der Waals surface area contributed by atoms with E-state index in [4.69, 9.17) is 21.7 Å². The van der Waals surface area contributed by atoms with Crippen LogP contribution in [0, 0.1) is 4.77 Å². The van der Waals surface area contributed by atoms with E-state index in [0.717, 1.165) is 16.9 Å². The first-order valence-electron chi connectivity index (χ1n) is 10.9. The van der Waals surface area contributed by atoms with Gasteiger partial charge in [0, 0.05) is 25.1 Å². The normalized spacial score (nSPS) is 18.5. The van der Waals surface area contributed by atoms with E-state index in [-0.39, 0.29) is 18.1 Å². The summed E-state index contributed by atoms with van der Waals surface area (Å²) in [5.74, 6) is 1.60. The number of aromatic nitrogens is 3. The minimum absolute atomic E-state index is 0.0200. The third-order valence-electron chi connectivity index (χ3n) is 5.52. The number of nitrogens with one attached hydrogen (secondary N) is 1. The van der Waals surface area contributed by atoms with Crippen LogP contribution in [0.3, 0.4) is 0 Å². The molecule has 1 amide bonds. The van der Waals surface area contributed by atoms with Crippen molar-refractivity contribution >= 4 is 18.1 Å². The van der Waals surface area contributed by atoms with E-state index >= 15 is 0 Å². The monoisotopic (exact) mass is 452 g/mol. The van der Waals surface area contributed by atoms with Crippen molar-refractivity contribution in [3.05, 3.63) is 64.9 Å². The number of aromatic amines is 1. The number of benzene rings is 2. The molecule has 0 radical (unpaired) electrons. The Labute approximate surface area is 193 Å². The van der Waals surface area contributed by atoms with Crippen LogP contribution in [-0.2, 0) is 16.1 Å². The lowest BCUT2D eigenvalue weighted by Gasteiger charge is -2.37. The van der Waals surface area contributed by atoms with Crippen LogP contribution in [0.4, 0.5) is 0 Å². The van der Waals surface area contributed by atoms with Gasteiger partial charge in [-0.3, -0.25) is 14.5 Å². The van der Waals surface area contributed by atoms with Crippen LogP contribution >= 0.6 is 12.2 Å². The zero-order valence-electron chi connectivity index (χ0n) is 18.4. The van der Waals surface area contributed by atoms with Crippen LogP contribution in [0.5, 0.6) is 5.75 Å². The number of carbonyl (C=O) groups is 1. The highest BCUT2D eigenvalue weighted by atomic mass is 32.1. The number of hydrogen-bond acceptors (Lipinski definition) is 5. The standard InChI is InChI=1S/C24H28N4O3S/c1-3-30-20-11-9-19(10-12-20)23-25-26-24(32)28(23)14-13-22(29)27-15-17(2)31-21(16-27)18-7-5-4-6-8-18/h4-12,17,21H,3,13-16H2,1-2H3,(H,26,32). The molecule has 1 aliphatic rings. The van der Waals surface area contributed by atoms with E-state index in [2.05, 4.69) is 10.2 Å². The van der Waals surface area contributed by atoms with E-state index < -0.39 is 0 Å². The summed E-state index contributed by atoms with van der Waals surface area (Å²) in [5.41, 5.74) is 2.00. The third kappa shape index (κ3) is 5.08. The molecule has 2 atom stereocenters. The molecule has 3 aromatic rings. The number of carbonyl (C=O) groups excluding carboxylic acids is 1. The average Bonchev–Trinajstić information content (AvgIpc) is 3.18. The van der Waals surface area contributed by atoms with Gasteiger partial charge in [-0.1, -0.05) is 30.3 Å². The molecule has 32 heavy (non-hydrogen) atoms. The molecule has 2 heterocycles. The fourth-order valence-electron chi connectivity index (χ4n) is 3.98. The summed E-state index contributed by atoms with van der Waals surface area (Å²) >= 11 is 5.43. The molecule has 1 N–H and O–H groups in total. The molecule has 0 aliphatic carbocycles. The Morgan fingerprint density at radius 2 is 1.94 bits per heavy atom. The average molecular weight is 453 g/mol. The fraction of sp³-hybridized carbons (Fsp3) is 0.375. The third-order valence-corrected chi connectivity index (χ3v) is 5.83. The van der Waals surface area contributed by atoms with Gasteiger partial charge in [-0.05, 0) is 55.9 Å². The number of rotatable bonds is 7. The molecular weight excluding hydrogens is 424 g/mol. The molecule has 1 aliphatic heterocycles. The van der Waals surface area contributed by atoms with E-state index in [1.165, 1.54) is 0 Å². The molecule has 1 fully saturated rings. The number of ether oxygens (including phenoxy) is 2. The number of H-pyrrole nitrogens is 1. The second kappa shape index (κ2) is 10.1. The van der Waals surface area contributed by atoms with Gasteiger partial charge in [-0.15, -0.1) is 0 Å². The highest BCUT2D eigenvalue weighted by Gasteiger charge is 2.29. The first-order valence-corrected chi connectivity index (χ1v) is 11.3. The van der Waals surface area contributed by atoms with E-state index in [9.17, 15) is 4.79 Å². The van der Waals surface area contributed by atoms with Crippen LogP contribution in [0.25, 0.3) is 11.4 Å². The zero-order valence-corrected chi connectivity index (χ0v) is 19.2. The molecule has 2 unspecified atom stereocenters. The molecule has 0 bridgehead atoms. The summed E-state index contributed by atoms with van der Waals surface area (Å²) in [7, 11) is 0. The van der Waals surface area contributed by atoms with Crippen LogP contribution in [-0.4, -0.2) is 51.4 Å². The van der Waals surface area contributed by atoms with Gasteiger partial charge in [0.05, 0.1) is 19.3 Å². The Bertz CT molecular complexity index is 1090. The molecule has 1 aromatic heterocycles. The SMILES string of the molecule is CCOc1ccc(-c2n[nH]c(=S)n2CCC(=O)N2CC(C)OC(c3ccccc3)C2)cc1. The van der Waals surface area contributed by atoms with Gasteiger partial charge < -0.3 is 14.4 Å². The van der Waals surface area contributed by atoms with E-state index in [1.54, 1.807) is 0 Å². The van der Waals surface area contributed by atoms with Crippen LogP contribution in [0.1, 0.15) is 31.9 Å². The Hall–Kier alpha value is -2.97. The second-order valence-corrected chi connectivity index (χ2v) is 8.24. The summed E-state index contributed by atoms with van der Waals surface area (Å²) in [5, 5.41) is 7.23. The van der Waals surface area contributed by atoms with Gasteiger partial charge in [0.25, 0.3) is 0 Å². The van der Waals surface area contributed by atoms with Crippen LogP contribution < -0.4 is 4.74 Å². The van der Waals surface area contributed by atoms with Crippen molar-refractivity contribution in [1.82, 2.24) is 19.7 Å². The summed E-state index contributed by atoms with van der Waals surface area (Å²) in [6.07, 6.45) is 0.208. The molecular formula is C24H28N4O3S. The van der Waals surface area contributed by atoms with Crippen molar-refractivity contribution in [2.24, 2.45) is 0 Å². The first-order chi connectivity index (χ1) is 15.5. The van der Waals surface area contributed by atoms with Gasteiger partial charge in [0.15, 0.2) is 10.6 Å². The molecule has 0 saturated carbocycles.